The van der Waals surface area contributed by atoms with Gasteiger partial charge in [0.2, 0.25) is 0 Å². The fraction of sp³-hybridized carbons (Fsp3) is 0.435. The summed E-state index contributed by atoms with van der Waals surface area (Å²) in [5, 5.41) is 8.90. The lowest BCUT2D eigenvalue weighted by Gasteiger charge is -2.27. The molecule has 0 radical (unpaired) electrons. The highest BCUT2D eigenvalue weighted by Gasteiger charge is 2.30. The summed E-state index contributed by atoms with van der Waals surface area (Å²) in [6.45, 7) is 6.55. The molecule has 21 nitrogen and oxygen atoms in total. The van der Waals surface area contributed by atoms with Crippen LogP contribution in [0, 0.1) is 17.5 Å². The largest absolute Gasteiger partial charge is 0.484 e. The molecule has 3 saturated carbocycles. The van der Waals surface area contributed by atoms with Gasteiger partial charge in [-0.2, -0.15) is 0 Å². The van der Waals surface area contributed by atoms with Gasteiger partial charge in [0.05, 0.1) is 46.8 Å². The highest BCUT2D eigenvalue weighted by Crippen LogP contribution is 2.39. The molecule has 3 aliphatic carbocycles. The van der Waals surface area contributed by atoms with Crippen molar-refractivity contribution in [3.05, 3.63) is 174 Å². The summed E-state index contributed by atoms with van der Waals surface area (Å²) in [5.41, 5.74) is 5.44. The number of nitrogens with zero attached hydrogens (tertiary/aromatic N) is 9. The summed E-state index contributed by atoms with van der Waals surface area (Å²) in [5.74, 6) is -1.04. The molecule has 0 atom stereocenters. The van der Waals surface area contributed by atoms with Crippen LogP contribution in [0.15, 0.2) is 123 Å². The van der Waals surface area contributed by atoms with E-state index >= 15 is 0 Å². The Morgan fingerprint density at radius 2 is 0.626 bits per heavy atom. The zero-order valence-corrected chi connectivity index (χ0v) is 60.5. The van der Waals surface area contributed by atoms with Gasteiger partial charge in [-0.15, -0.1) is 34.0 Å². The molecule has 9 aromatic rings. The van der Waals surface area contributed by atoms with Gasteiger partial charge < -0.3 is 28.4 Å². The topological polar surface area (TPSA) is 274 Å². The van der Waals surface area contributed by atoms with Crippen molar-refractivity contribution in [3.8, 4) is 35.3 Å². The third kappa shape index (κ3) is 21.4. The number of hydrogen-bond acceptors (Lipinski definition) is 24. The zero-order chi connectivity index (χ0) is 70.3. The molecule has 0 N–H and O–H groups in total. The number of sulfone groups is 3. The number of aromatic nitrogens is 9. The van der Waals surface area contributed by atoms with E-state index < -0.39 is 47.0 Å². The van der Waals surface area contributed by atoms with Crippen LogP contribution >= 0.6 is 34.0 Å². The van der Waals surface area contributed by atoms with Gasteiger partial charge in [0.15, 0.2) is 64.2 Å². The quantitative estimate of drug-likeness (QED) is 0.0543. The second kappa shape index (κ2) is 34.1. The lowest BCUT2D eigenvalue weighted by Crippen LogP contribution is -2.24. The summed E-state index contributed by atoms with van der Waals surface area (Å²) >= 11 is 4.74. The lowest BCUT2D eigenvalue weighted by molar-refractivity contribution is 0.133. The smallest absolute Gasteiger partial charge is 0.316 e. The SMILES string of the molecule is CCc1cnc(OC2CCC(c3nc(COc4ccc(S(C)(=O)=O)cc4F)cs3)CC2)nc1.CCc1cnc(OC2CCC(c3nc(COc4ccc(S(C)(=O)=O)cc4F)cs3)CC2)nc1.CCc1cnc(OC2CCC(c3nc(COc4ccc(S(C)(=O)=O)cc4F)cs3)CC2)nc1. The maximum absolute atomic E-state index is 14.2. The summed E-state index contributed by atoms with van der Waals surface area (Å²) in [7, 11) is -10.4. The van der Waals surface area contributed by atoms with Crippen LogP contribution in [0.1, 0.15) is 164 Å². The normalized spacial score (nSPS) is 18.8. The minimum Gasteiger partial charge on any atom is -0.484 e. The molecule has 12 rings (SSSR count). The summed E-state index contributed by atoms with van der Waals surface area (Å²) in [6, 6.07) is 12.2. The molecule has 3 aliphatic rings. The predicted octanol–water partition coefficient (Wildman–Crippen LogP) is 14.2. The Morgan fingerprint density at radius 1 is 0.384 bits per heavy atom. The molecular formula is C69H78F3N9O12S6. The minimum absolute atomic E-state index is 0.00351. The number of halogens is 3. The van der Waals surface area contributed by atoms with Gasteiger partial charge in [0.1, 0.15) is 38.1 Å². The van der Waals surface area contributed by atoms with E-state index in [1.54, 1.807) is 71.2 Å². The molecule has 0 aliphatic heterocycles. The first-order chi connectivity index (χ1) is 47.4. The average Bonchev–Trinajstić information content (AvgIpc) is 1.86. The summed E-state index contributed by atoms with van der Waals surface area (Å²) in [6.07, 6.45) is 28.2. The Kier molecular flexibility index (Phi) is 25.4. The molecule has 0 saturated heterocycles. The van der Waals surface area contributed by atoms with Crippen LogP contribution < -0.4 is 28.4 Å². The van der Waals surface area contributed by atoms with Gasteiger partial charge in [0.25, 0.3) is 0 Å². The van der Waals surface area contributed by atoms with Crippen LogP contribution in [0.3, 0.4) is 0 Å². The van der Waals surface area contributed by atoms with Crippen LogP contribution in [0.5, 0.6) is 35.3 Å². The fourth-order valence-electron chi connectivity index (χ4n) is 11.2. The molecule has 528 valence electrons. The molecule has 3 aromatic carbocycles. The first-order valence-electron chi connectivity index (χ1n) is 32.6. The molecule has 0 spiro atoms. The number of aryl methyl sites for hydroxylation is 3. The maximum atomic E-state index is 14.2. The van der Waals surface area contributed by atoms with E-state index in [4.69, 9.17) is 28.4 Å². The van der Waals surface area contributed by atoms with Gasteiger partial charge in [-0.3, -0.25) is 0 Å². The van der Waals surface area contributed by atoms with E-state index in [0.29, 0.717) is 35.8 Å². The van der Waals surface area contributed by atoms with Gasteiger partial charge >= 0.3 is 18.0 Å². The molecular weight excluding hydrogens is 1400 g/mol. The molecule has 6 aromatic heterocycles. The lowest BCUT2D eigenvalue weighted by atomic mass is 9.88. The molecule has 3 fully saturated rings. The van der Waals surface area contributed by atoms with E-state index in [2.05, 4.69) is 65.6 Å². The monoisotopic (exact) mass is 1470 g/mol. The average molecular weight is 1470 g/mol. The van der Waals surface area contributed by atoms with Crippen molar-refractivity contribution in [2.45, 2.75) is 188 Å². The third-order valence-electron chi connectivity index (χ3n) is 17.0. The number of benzene rings is 3. The van der Waals surface area contributed by atoms with Crippen molar-refractivity contribution in [1.29, 1.82) is 0 Å². The van der Waals surface area contributed by atoms with Crippen molar-refractivity contribution in [2.75, 3.05) is 18.8 Å². The summed E-state index contributed by atoms with van der Waals surface area (Å²) in [4.78, 5) is 39.5. The molecule has 99 heavy (non-hydrogen) atoms. The van der Waals surface area contributed by atoms with Gasteiger partial charge in [-0.1, -0.05) is 20.8 Å². The molecule has 0 bridgehead atoms. The Labute approximate surface area is 587 Å². The van der Waals surface area contributed by atoms with E-state index in [1.165, 1.54) is 36.4 Å². The van der Waals surface area contributed by atoms with Crippen molar-refractivity contribution in [1.82, 2.24) is 44.9 Å². The van der Waals surface area contributed by atoms with Crippen molar-refractivity contribution in [2.24, 2.45) is 0 Å². The van der Waals surface area contributed by atoms with Crippen molar-refractivity contribution >= 4 is 63.5 Å². The van der Waals surface area contributed by atoms with E-state index in [-0.39, 0.29) is 70.1 Å². The highest BCUT2D eigenvalue weighted by molar-refractivity contribution is 7.91. The first kappa shape index (κ1) is 73.9. The second-order valence-electron chi connectivity index (χ2n) is 24.4. The third-order valence-corrected chi connectivity index (χ3v) is 23.5. The zero-order valence-electron chi connectivity index (χ0n) is 55.6. The van der Waals surface area contributed by atoms with Crippen LogP contribution in [0.4, 0.5) is 13.2 Å². The van der Waals surface area contributed by atoms with Gasteiger partial charge in [0, 0.05) is 89.8 Å². The van der Waals surface area contributed by atoms with E-state index in [1.807, 2.05) is 16.1 Å². The molecule has 0 amide bonds. The van der Waals surface area contributed by atoms with Crippen LogP contribution in [0.25, 0.3) is 0 Å². The standard InChI is InChI=1S/3C23H26FN3O4S2/c3*1-3-15-11-25-23(26-12-15)31-18-6-4-16(5-7-18)22-27-17(14-32-22)13-30-21-9-8-19(10-20(21)24)33(2,28)29/h3*8-12,14,16,18H,3-7,13H2,1-2H3. The number of rotatable bonds is 24. The number of thiazole rings is 3. The van der Waals surface area contributed by atoms with Crippen LogP contribution in [0.2, 0.25) is 0 Å². The maximum Gasteiger partial charge on any atom is 0.316 e. The number of ether oxygens (including phenoxy) is 6. The predicted molar refractivity (Wildman–Crippen MR) is 369 cm³/mol. The summed E-state index contributed by atoms with van der Waals surface area (Å²) < 4.78 is 146. The Bertz CT molecular complexity index is 4020. The Hall–Kier alpha value is -7.77. The molecule has 30 heteroatoms. The first-order valence-corrected chi connectivity index (χ1v) is 40.9. The van der Waals surface area contributed by atoms with E-state index in [0.717, 1.165) is 182 Å². The second-order valence-corrected chi connectivity index (χ2v) is 33.2. The molecule has 0 unspecified atom stereocenters. The fourth-order valence-corrected chi connectivity index (χ4v) is 16.0. The van der Waals surface area contributed by atoms with Gasteiger partial charge in [-0.25, -0.2) is 83.3 Å². The number of hydrogen-bond donors (Lipinski definition) is 0. The van der Waals surface area contributed by atoms with Crippen LogP contribution in [-0.2, 0) is 68.6 Å². The van der Waals surface area contributed by atoms with Crippen LogP contribution in [-0.4, -0.2) is 107 Å². The molecule has 6 heterocycles. The highest BCUT2D eigenvalue weighted by atomic mass is 32.2. The van der Waals surface area contributed by atoms with Crippen molar-refractivity contribution < 1.29 is 66.8 Å². The van der Waals surface area contributed by atoms with Gasteiger partial charge in [-0.05, 0) is 168 Å². The van der Waals surface area contributed by atoms with Crippen molar-refractivity contribution in [3.63, 3.8) is 0 Å². The van der Waals surface area contributed by atoms with E-state index in [9.17, 15) is 38.4 Å². The Morgan fingerprint density at radius 3 is 0.838 bits per heavy atom. The Balaban J connectivity index is 0.000000161. The minimum atomic E-state index is -3.47.